The summed E-state index contributed by atoms with van der Waals surface area (Å²) in [5, 5.41) is 7.80. The molecule has 3 rings (SSSR count). The Morgan fingerprint density at radius 2 is 1.69 bits per heavy atom. The van der Waals surface area contributed by atoms with E-state index in [1.54, 1.807) is 30.7 Å². The Balaban J connectivity index is 1.51. The molecule has 8 nitrogen and oxygen atoms in total. The van der Waals surface area contributed by atoms with Crippen LogP contribution in [0.2, 0.25) is 0 Å². The van der Waals surface area contributed by atoms with Gasteiger partial charge in [0.05, 0.1) is 33.4 Å². The first-order chi connectivity index (χ1) is 15.5. The number of aromatic nitrogens is 1. The van der Waals surface area contributed by atoms with Gasteiger partial charge in [-0.3, -0.25) is 14.9 Å². The van der Waals surface area contributed by atoms with Crippen molar-refractivity contribution in [3.63, 3.8) is 0 Å². The zero-order valence-corrected chi connectivity index (χ0v) is 19.0. The number of hydrogen-bond donors (Lipinski definition) is 2. The van der Waals surface area contributed by atoms with Crippen molar-refractivity contribution in [1.82, 2.24) is 10.3 Å². The average molecular weight is 456 g/mol. The number of amides is 2. The Labute approximate surface area is 190 Å². The predicted octanol–water partition coefficient (Wildman–Crippen LogP) is 3.32. The van der Waals surface area contributed by atoms with Crippen LogP contribution in [0.3, 0.4) is 0 Å². The van der Waals surface area contributed by atoms with Crippen LogP contribution in [0.25, 0.3) is 0 Å². The second-order valence-electron chi connectivity index (χ2n) is 6.83. The van der Waals surface area contributed by atoms with Crippen molar-refractivity contribution in [2.24, 2.45) is 0 Å². The number of nitrogens with one attached hydrogen (secondary N) is 2. The van der Waals surface area contributed by atoms with E-state index < -0.39 is 0 Å². The maximum atomic E-state index is 12.6. The van der Waals surface area contributed by atoms with Crippen molar-refractivity contribution in [1.29, 1.82) is 0 Å². The Bertz CT molecular complexity index is 1060. The molecule has 0 aliphatic carbocycles. The molecule has 1 aromatic heterocycles. The second kappa shape index (κ2) is 11.1. The van der Waals surface area contributed by atoms with Crippen molar-refractivity contribution >= 4 is 28.3 Å². The number of rotatable bonds is 10. The average Bonchev–Trinajstić information content (AvgIpc) is 3.25. The fourth-order valence-electron chi connectivity index (χ4n) is 2.95. The van der Waals surface area contributed by atoms with Gasteiger partial charge in [0.15, 0.2) is 5.13 Å². The highest BCUT2D eigenvalue weighted by atomic mass is 32.1. The molecule has 0 aliphatic heterocycles. The topological polar surface area (TPSA) is 98.8 Å². The number of thiazole rings is 1. The van der Waals surface area contributed by atoms with Gasteiger partial charge in [-0.25, -0.2) is 4.98 Å². The van der Waals surface area contributed by atoms with Gasteiger partial charge in [-0.1, -0.05) is 12.1 Å². The summed E-state index contributed by atoms with van der Waals surface area (Å²) >= 11 is 1.26. The van der Waals surface area contributed by atoms with Gasteiger partial charge in [0.2, 0.25) is 5.91 Å². The van der Waals surface area contributed by atoms with E-state index in [0.29, 0.717) is 40.9 Å². The van der Waals surface area contributed by atoms with E-state index in [1.807, 2.05) is 24.3 Å². The summed E-state index contributed by atoms with van der Waals surface area (Å²) in [5.41, 5.74) is 2.05. The molecule has 0 aliphatic rings. The van der Waals surface area contributed by atoms with E-state index in [9.17, 15) is 9.59 Å². The minimum absolute atomic E-state index is 0.131. The highest BCUT2D eigenvalue weighted by molar-refractivity contribution is 7.14. The highest BCUT2D eigenvalue weighted by Gasteiger charge is 2.13. The zero-order chi connectivity index (χ0) is 22.9. The number of anilines is 1. The molecule has 1 heterocycles. The van der Waals surface area contributed by atoms with Gasteiger partial charge in [-0.15, -0.1) is 11.3 Å². The van der Waals surface area contributed by atoms with Crippen molar-refractivity contribution in [2.75, 3.05) is 33.2 Å². The first-order valence-corrected chi connectivity index (χ1v) is 10.8. The summed E-state index contributed by atoms with van der Waals surface area (Å²) in [4.78, 5) is 29.1. The number of nitrogens with zero attached hydrogens (tertiary/aromatic N) is 1. The number of methoxy groups -OCH3 is 3. The normalized spacial score (nSPS) is 10.3. The van der Waals surface area contributed by atoms with Crippen LogP contribution in [0.1, 0.15) is 21.6 Å². The molecule has 0 fully saturated rings. The van der Waals surface area contributed by atoms with E-state index in [4.69, 9.17) is 14.2 Å². The van der Waals surface area contributed by atoms with Gasteiger partial charge < -0.3 is 19.5 Å². The molecule has 168 valence electrons. The van der Waals surface area contributed by atoms with Crippen molar-refractivity contribution in [3.8, 4) is 17.2 Å². The molecule has 0 bridgehead atoms. The van der Waals surface area contributed by atoms with Crippen LogP contribution < -0.4 is 24.8 Å². The van der Waals surface area contributed by atoms with Gasteiger partial charge in [0, 0.05) is 23.6 Å². The van der Waals surface area contributed by atoms with Gasteiger partial charge in [0.1, 0.15) is 17.2 Å². The summed E-state index contributed by atoms with van der Waals surface area (Å²) in [6.07, 6.45) is 0.836. The Hall–Kier alpha value is -3.59. The van der Waals surface area contributed by atoms with Crippen LogP contribution >= 0.6 is 11.3 Å². The van der Waals surface area contributed by atoms with Crippen molar-refractivity contribution in [3.05, 3.63) is 64.7 Å². The van der Waals surface area contributed by atoms with Gasteiger partial charge >= 0.3 is 0 Å². The van der Waals surface area contributed by atoms with E-state index in [0.717, 1.165) is 11.3 Å². The molecule has 0 unspecified atom stereocenters. The summed E-state index contributed by atoms with van der Waals surface area (Å²) in [6, 6.07) is 12.6. The summed E-state index contributed by atoms with van der Waals surface area (Å²) in [7, 11) is 4.66. The molecule has 2 aromatic carbocycles. The smallest absolute Gasteiger partial charge is 0.257 e. The fourth-order valence-corrected chi connectivity index (χ4v) is 3.66. The Morgan fingerprint density at radius 1 is 0.969 bits per heavy atom. The summed E-state index contributed by atoms with van der Waals surface area (Å²) in [5.74, 6) is 1.35. The SMILES string of the molecule is COc1cccc(CCNC(=O)Cc2csc(NC(=O)c3cc(OC)cc(OC)c3)n2)c1. The highest BCUT2D eigenvalue weighted by Crippen LogP contribution is 2.24. The number of hydrogen-bond acceptors (Lipinski definition) is 7. The van der Waals surface area contributed by atoms with E-state index in [-0.39, 0.29) is 18.2 Å². The maximum Gasteiger partial charge on any atom is 0.257 e. The zero-order valence-electron chi connectivity index (χ0n) is 18.1. The number of benzene rings is 2. The lowest BCUT2D eigenvalue weighted by Crippen LogP contribution is -2.27. The number of ether oxygens (including phenoxy) is 3. The third-order valence-electron chi connectivity index (χ3n) is 4.60. The van der Waals surface area contributed by atoms with Crippen LogP contribution in [-0.4, -0.2) is 44.7 Å². The van der Waals surface area contributed by atoms with Crippen LogP contribution in [0, 0.1) is 0 Å². The maximum absolute atomic E-state index is 12.6. The van der Waals surface area contributed by atoms with Crippen LogP contribution in [-0.2, 0) is 17.6 Å². The largest absolute Gasteiger partial charge is 0.497 e. The molecule has 0 radical (unpaired) electrons. The molecular weight excluding hydrogens is 430 g/mol. The van der Waals surface area contributed by atoms with Crippen molar-refractivity contribution in [2.45, 2.75) is 12.8 Å². The standard InChI is InChI=1S/C23H25N3O5S/c1-29-18-6-4-5-15(9-18)7-8-24-21(27)12-17-14-32-23(25-17)26-22(28)16-10-19(30-2)13-20(11-16)31-3/h4-6,9-11,13-14H,7-8,12H2,1-3H3,(H,24,27)(H,25,26,28). The van der Waals surface area contributed by atoms with Gasteiger partial charge in [0.25, 0.3) is 5.91 Å². The van der Waals surface area contributed by atoms with Crippen molar-refractivity contribution < 1.29 is 23.8 Å². The van der Waals surface area contributed by atoms with Crippen LogP contribution in [0.15, 0.2) is 47.8 Å². The molecule has 9 heteroatoms. The molecular formula is C23H25N3O5S. The van der Waals surface area contributed by atoms with E-state index in [1.165, 1.54) is 25.6 Å². The van der Waals surface area contributed by atoms with E-state index in [2.05, 4.69) is 15.6 Å². The lowest BCUT2D eigenvalue weighted by Gasteiger charge is -2.08. The second-order valence-corrected chi connectivity index (χ2v) is 7.69. The summed E-state index contributed by atoms with van der Waals surface area (Å²) < 4.78 is 15.6. The predicted molar refractivity (Wildman–Crippen MR) is 123 cm³/mol. The molecule has 0 saturated carbocycles. The van der Waals surface area contributed by atoms with Gasteiger partial charge in [-0.2, -0.15) is 0 Å². The lowest BCUT2D eigenvalue weighted by atomic mass is 10.1. The molecule has 0 spiro atoms. The number of carbonyl (C=O) groups is 2. The molecule has 0 saturated heterocycles. The molecule has 3 aromatic rings. The van der Waals surface area contributed by atoms with Crippen LogP contribution in [0.4, 0.5) is 5.13 Å². The van der Waals surface area contributed by atoms with E-state index >= 15 is 0 Å². The minimum Gasteiger partial charge on any atom is -0.497 e. The summed E-state index contributed by atoms with van der Waals surface area (Å²) in [6.45, 7) is 0.511. The Morgan fingerprint density at radius 3 is 2.38 bits per heavy atom. The number of carbonyl (C=O) groups excluding carboxylic acids is 2. The lowest BCUT2D eigenvalue weighted by molar-refractivity contribution is -0.120. The minimum atomic E-state index is -0.342. The third-order valence-corrected chi connectivity index (χ3v) is 5.40. The third kappa shape index (κ3) is 6.45. The molecule has 0 atom stereocenters. The van der Waals surface area contributed by atoms with Gasteiger partial charge in [-0.05, 0) is 36.2 Å². The quantitative estimate of drug-likeness (QED) is 0.487. The Kier molecular flexibility index (Phi) is 8.04. The first-order valence-electron chi connectivity index (χ1n) is 9.89. The molecule has 2 N–H and O–H groups in total. The molecule has 2 amide bonds. The molecule has 32 heavy (non-hydrogen) atoms. The van der Waals surface area contributed by atoms with Crippen LogP contribution in [0.5, 0.6) is 17.2 Å². The fraction of sp³-hybridized carbons (Fsp3) is 0.261. The first kappa shape index (κ1) is 23.1. The monoisotopic (exact) mass is 455 g/mol.